The van der Waals surface area contributed by atoms with Gasteiger partial charge in [0, 0.05) is 25.2 Å². The minimum atomic E-state index is -0.415. The van der Waals surface area contributed by atoms with Gasteiger partial charge in [-0.25, -0.2) is 4.39 Å². The van der Waals surface area contributed by atoms with Crippen LogP contribution in [0.5, 0.6) is 0 Å². The van der Waals surface area contributed by atoms with Gasteiger partial charge in [0.25, 0.3) is 0 Å². The highest BCUT2D eigenvalue weighted by atomic mass is 32.2. The molecule has 1 aromatic heterocycles. The molecule has 2 heterocycles. The Labute approximate surface area is 174 Å². The fraction of sp³-hybridized carbons (Fsp3) is 0.500. The zero-order valence-electron chi connectivity index (χ0n) is 16.7. The van der Waals surface area contributed by atoms with Gasteiger partial charge in [-0.15, -0.1) is 10.2 Å². The fourth-order valence-corrected chi connectivity index (χ4v) is 4.14. The van der Waals surface area contributed by atoms with E-state index in [-0.39, 0.29) is 17.6 Å². The summed E-state index contributed by atoms with van der Waals surface area (Å²) < 4.78 is 15.0. The molecule has 2 aromatic rings. The number of hydrogen-bond acceptors (Lipinski definition) is 5. The van der Waals surface area contributed by atoms with Crippen LogP contribution in [0.2, 0.25) is 0 Å². The molecule has 156 valence electrons. The van der Waals surface area contributed by atoms with Crippen LogP contribution in [0, 0.1) is 5.82 Å². The van der Waals surface area contributed by atoms with Crippen LogP contribution >= 0.6 is 11.8 Å². The van der Waals surface area contributed by atoms with Crippen molar-refractivity contribution in [3.63, 3.8) is 0 Å². The van der Waals surface area contributed by atoms with Crippen LogP contribution < -0.4 is 5.32 Å². The van der Waals surface area contributed by atoms with E-state index in [9.17, 15) is 14.0 Å². The second-order valence-electron chi connectivity index (χ2n) is 7.03. The highest BCUT2D eigenvalue weighted by Gasteiger charge is 2.23. The van der Waals surface area contributed by atoms with Crippen LogP contribution in [0.15, 0.2) is 29.4 Å². The lowest BCUT2D eigenvalue weighted by atomic mass is 10.2. The van der Waals surface area contributed by atoms with Crippen LogP contribution in [-0.4, -0.2) is 43.3 Å². The molecule has 2 amide bonds. The van der Waals surface area contributed by atoms with Crippen molar-refractivity contribution in [3.8, 4) is 0 Å². The Morgan fingerprint density at radius 3 is 2.72 bits per heavy atom. The molecule has 1 fully saturated rings. The van der Waals surface area contributed by atoms with Crippen LogP contribution in [-0.2, 0) is 22.7 Å². The number of likely N-dealkylation sites (tertiary alicyclic amines) is 1. The van der Waals surface area contributed by atoms with Crippen molar-refractivity contribution in [2.24, 2.45) is 0 Å². The predicted molar refractivity (Wildman–Crippen MR) is 110 cm³/mol. The van der Waals surface area contributed by atoms with E-state index in [2.05, 4.69) is 15.5 Å². The Bertz CT molecular complexity index is 855. The maximum absolute atomic E-state index is 13.0. The second-order valence-corrected chi connectivity index (χ2v) is 8.33. The number of nitrogens with zero attached hydrogens (tertiary/aromatic N) is 4. The number of nitrogens with one attached hydrogen (secondary N) is 1. The third-order valence-corrected chi connectivity index (χ3v) is 5.96. The monoisotopic (exact) mass is 419 g/mol. The quantitative estimate of drug-likeness (QED) is 0.695. The van der Waals surface area contributed by atoms with Crippen LogP contribution in [0.4, 0.5) is 10.1 Å². The third-order valence-electron chi connectivity index (χ3n) is 4.88. The molecular weight excluding hydrogens is 393 g/mol. The predicted octanol–water partition coefficient (Wildman–Crippen LogP) is 3.46. The number of hydrogen-bond donors (Lipinski definition) is 1. The summed E-state index contributed by atoms with van der Waals surface area (Å²) >= 11 is 1.31. The number of benzene rings is 1. The van der Waals surface area contributed by atoms with Crippen LogP contribution in [0.25, 0.3) is 0 Å². The second kappa shape index (κ2) is 9.87. The Hall–Kier alpha value is -2.42. The number of amides is 2. The van der Waals surface area contributed by atoms with Gasteiger partial charge in [0.05, 0.1) is 11.8 Å². The first-order valence-corrected chi connectivity index (χ1v) is 10.8. The number of aromatic nitrogens is 3. The van der Waals surface area contributed by atoms with Crippen LogP contribution in [0.1, 0.15) is 45.4 Å². The van der Waals surface area contributed by atoms with Gasteiger partial charge in [-0.1, -0.05) is 18.2 Å². The molecule has 1 aliphatic rings. The maximum atomic E-state index is 13.0. The standard InChI is InChI=1S/C20H26FN5O2S/c1-3-26-17(13-25-12-6-4-5-7-18(25)27)23-24-20(26)29-14(2)19(28)22-16-10-8-15(21)9-11-16/h8-11,14H,3-7,12-13H2,1-2H3,(H,22,28)/t14-/m0/s1. The van der Waals surface area contributed by atoms with E-state index >= 15 is 0 Å². The van der Waals surface area contributed by atoms with Gasteiger partial charge in [0.1, 0.15) is 5.82 Å². The minimum Gasteiger partial charge on any atom is -0.335 e. The molecule has 1 aliphatic heterocycles. The molecule has 1 atom stereocenters. The van der Waals surface area contributed by atoms with Gasteiger partial charge in [-0.05, 0) is 51.0 Å². The highest BCUT2D eigenvalue weighted by molar-refractivity contribution is 8.00. The summed E-state index contributed by atoms with van der Waals surface area (Å²) in [5.41, 5.74) is 0.543. The van der Waals surface area contributed by atoms with Gasteiger partial charge in [0.15, 0.2) is 11.0 Å². The topological polar surface area (TPSA) is 80.1 Å². The molecular formula is C20H26FN5O2S. The fourth-order valence-electron chi connectivity index (χ4n) is 3.21. The van der Waals surface area contributed by atoms with Crippen molar-refractivity contribution in [1.29, 1.82) is 0 Å². The zero-order chi connectivity index (χ0) is 20.8. The first-order valence-electron chi connectivity index (χ1n) is 9.91. The molecule has 1 N–H and O–H groups in total. The molecule has 1 saturated heterocycles. The van der Waals surface area contributed by atoms with Crippen LogP contribution in [0.3, 0.4) is 0 Å². The molecule has 0 spiro atoms. The largest absolute Gasteiger partial charge is 0.335 e. The van der Waals surface area contributed by atoms with E-state index in [4.69, 9.17) is 0 Å². The van der Waals surface area contributed by atoms with E-state index in [0.29, 0.717) is 30.4 Å². The Kier molecular flexibility index (Phi) is 7.24. The molecule has 0 radical (unpaired) electrons. The molecule has 7 nitrogen and oxygen atoms in total. The molecule has 0 aliphatic carbocycles. The summed E-state index contributed by atoms with van der Waals surface area (Å²) in [4.78, 5) is 26.6. The van der Waals surface area contributed by atoms with E-state index in [1.54, 1.807) is 6.92 Å². The van der Waals surface area contributed by atoms with Gasteiger partial charge >= 0.3 is 0 Å². The van der Waals surface area contributed by atoms with E-state index < -0.39 is 5.25 Å². The van der Waals surface area contributed by atoms with Gasteiger partial charge in [0.2, 0.25) is 11.8 Å². The summed E-state index contributed by atoms with van der Waals surface area (Å²) in [5, 5.41) is 11.5. The van der Waals surface area contributed by atoms with Crippen molar-refractivity contribution < 1.29 is 14.0 Å². The lowest BCUT2D eigenvalue weighted by Crippen LogP contribution is -2.31. The summed E-state index contributed by atoms with van der Waals surface area (Å²) in [6.45, 7) is 5.62. The summed E-state index contributed by atoms with van der Waals surface area (Å²) in [6.07, 6.45) is 3.61. The first kappa shape index (κ1) is 21.3. The van der Waals surface area contributed by atoms with Crippen molar-refractivity contribution in [3.05, 3.63) is 35.9 Å². The summed E-state index contributed by atoms with van der Waals surface area (Å²) in [6, 6.07) is 5.65. The molecule has 29 heavy (non-hydrogen) atoms. The molecule has 0 unspecified atom stereocenters. The maximum Gasteiger partial charge on any atom is 0.237 e. The minimum absolute atomic E-state index is 0.161. The average molecular weight is 420 g/mol. The normalized spacial score (nSPS) is 15.8. The molecule has 0 bridgehead atoms. The van der Waals surface area contributed by atoms with Gasteiger partial charge < -0.3 is 14.8 Å². The third kappa shape index (κ3) is 5.56. The Morgan fingerprint density at radius 2 is 2.00 bits per heavy atom. The van der Waals surface area contributed by atoms with Crippen molar-refractivity contribution in [2.75, 3.05) is 11.9 Å². The van der Waals surface area contributed by atoms with Gasteiger partial charge in [-0.2, -0.15) is 0 Å². The average Bonchev–Trinajstić information content (AvgIpc) is 2.96. The Balaban J connectivity index is 1.65. The highest BCUT2D eigenvalue weighted by Crippen LogP contribution is 2.24. The molecule has 0 saturated carbocycles. The van der Waals surface area contributed by atoms with Crippen molar-refractivity contribution in [1.82, 2.24) is 19.7 Å². The zero-order valence-corrected chi connectivity index (χ0v) is 17.5. The number of carbonyl (C=O) groups is 2. The van der Waals surface area contributed by atoms with Gasteiger partial charge in [-0.3, -0.25) is 9.59 Å². The van der Waals surface area contributed by atoms with E-state index in [0.717, 1.165) is 31.6 Å². The Morgan fingerprint density at radius 1 is 1.24 bits per heavy atom. The SMILES string of the molecule is CCn1c(CN2CCCCCC2=O)nnc1S[C@@H](C)C(=O)Nc1ccc(F)cc1. The molecule has 1 aromatic carbocycles. The van der Waals surface area contributed by atoms with Crippen molar-refractivity contribution in [2.45, 2.75) is 63.0 Å². The summed E-state index contributed by atoms with van der Waals surface area (Å²) in [5.74, 6) is 0.346. The molecule has 3 rings (SSSR count). The number of anilines is 1. The number of rotatable bonds is 7. The summed E-state index contributed by atoms with van der Waals surface area (Å²) in [7, 11) is 0. The number of halogens is 1. The van der Waals surface area contributed by atoms with E-state index in [1.165, 1.54) is 36.0 Å². The van der Waals surface area contributed by atoms with E-state index in [1.807, 2.05) is 16.4 Å². The number of carbonyl (C=O) groups excluding carboxylic acids is 2. The van der Waals surface area contributed by atoms with Crippen molar-refractivity contribution >= 4 is 29.3 Å². The number of thioether (sulfide) groups is 1. The first-order chi connectivity index (χ1) is 14.0. The smallest absolute Gasteiger partial charge is 0.237 e. The lowest BCUT2D eigenvalue weighted by Gasteiger charge is -2.20. The molecule has 9 heteroatoms. The lowest BCUT2D eigenvalue weighted by molar-refractivity contribution is -0.131.